The number of aromatic nitrogens is 2. The van der Waals surface area contributed by atoms with Gasteiger partial charge in [-0.1, -0.05) is 5.16 Å². The molecule has 4 rings (SSSR count). The zero-order chi connectivity index (χ0) is 21.1. The lowest BCUT2D eigenvalue weighted by Gasteiger charge is -2.30. The van der Waals surface area contributed by atoms with E-state index < -0.39 is 10.0 Å². The Morgan fingerprint density at radius 1 is 1.33 bits per heavy atom. The smallest absolute Gasteiger partial charge is 0.248 e. The van der Waals surface area contributed by atoms with E-state index in [1.54, 1.807) is 36.7 Å². The Morgan fingerprint density at radius 3 is 2.80 bits per heavy atom. The lowest BCUT2D eigenvalue weighted by molar-refractivity contribution is -0.120. The highest BCUT2D eigenvalue weighted by Crippen LogP contribution is 2.29. The number of furan rings is 1. The van der Waals surface area contributed by atoms with Crippen molar-refractivity contribution in [2.45, 2.75) is 24.7 Å². The number of nitrogens with one attached hydrogen (secondary N) is 1. The molecule has 0 spiro atoms. The van der Waals surface area contributed by atoms with Crippen LogP contribution in [0, 0.1) is 12.8 Å². The third-order valence-corrected chi connectivity index (χ3v) is 7.61. The number of sulfonamides is 1. The van der Waals surface area contributed by atoms with Crippen molar-refractivity contribution in [1.29, 1.82) is 0 Å². The molecule has 11 heteroatoms. The predicted molar refractivity (Wildman–Crippen MR) is 111 cm³/mol. The Morgan fingerprint density at radius 2 is 2.13 bits per heavy atom. The van der Waals surface area contributed by atoms with Crippen molar-refractivity contribution in [1.82, 2.24) is 14.4 Å². The molecule has 3 aromatic rings. The monoisotopic (exact) mass is 448 g/mol. The van der Waals surface area contributed by atoms with Gasteiger partial charge in [0.25, 0.3) is 0 Å². The Labute approximate surface area is 177 Å². The molecule has 1 aliphatic heterocycles. The number of hydrogen-bond acceptors (Lipinski definition) is 8. The number of rotatable bonds is 6. The molecule has 30 heavy (non-hydrogen) atoms. The number of nitrogens with zero attached hydrogens (tertiary/aromatic N) is 3. The highest BCUT2D eigenvalue weighted by molar-refractivity contribution is 7.89. The van der Waals surface area contributed by atoms with Crippen molar-refractivity contribution in [3.63, 3.8) is 0 Å². The van der Waals surface area contributed by atoms with E-state index in [9.17, 15) is 13.2 Å². The number of carbonyl (C=O) groups excluding carboxylic acids is 1. The van der Waals surface area contributed by atoms with Gasteiger partial charge in [-0.3, -0.25) is 4.79 Å². The second-order valence-corrected chi connectivity index (χ2v) is 9.58. The minimum Gasteiger partial charge on any atom is -0.465 e. The molecule has 1 saturated heterocycles. The van der Waals surface area contributed by atoms with E-state index in [4.69, 9.17) is 8.94 Å². The summed E-state index contributed by atoms with van der Waals surface area (Å²) in [5, 5.41) is 8.93. The van der Waals surface area contributed by atoms with Gasteiger partial charge in [0.1, 0.15) is 11.5 Å². The summed E-state index contributed by atoms with van der Waals surface area (Å²) >= 11 is 1.35. The number of hydrogen-bond donors (Lipinski definition) is 1. The van der Waals surface area contributed by atoms with Crippen molar-refractivity contribution in [3.8, 4) is 0 Å². The largest absolute Gasteiger partial charge is 0.465 e. The van der Waals surface area contributed by atoms with E-state index in [0.29, 0.717) is 23.7 Å². The average molecular weight is 449 g/mol. The van der Waals surface area contributed by atoms with Crippen LogP contribution in [0.1, 0.15) is 30.1 Å². The lowest BCUT2D eigenvalue weighted by atomic mass is 9.97. The SMILES string of the molecule is Cc1noc(/C=C/c2ccco2)c1S(=O)(=O)N1CCC(C(=O)Nc2nccs2)CC1. The van der Waals surface area contributed by atoms with Crippen molar-refractivity contribution >= 4 is 44.6 Å². The van der Waals surface area contributed by atoms with Crippen LogP contribution in [0.5, 0.6) is 0 Å². The van der Waals surface area contributed by atoms with Crippen molar-refractivity contribution in [2.75, 3.05) is 18.4 Å². The third kappa shape index (κ3) is 4.23. The molecule has 0 atom stereocenters. The van der Waals surface area contributed by atoms with Crippen LogP contribution >= 0.6 is 11.3 Å². The van der Waals surface area contributed by atoms with Crippen LogP contribution in [0.15, 0.2) is 43.8 Å². The van der Waals surface area contributed by atoms with Gasteiger partial charge in [0.2, 0.25) is 15.9 Å². The average Bonchev–Trinajstić information content (AvgIpc) is 3.49. The van der Waals surface area contributed by atoms with Gasteiger partial charge in [-0.2, -0.15) is 4.31 Å². The summed E-state index contributed by atoms with van der Waals surface area (Å²) < 4.78 is 38.3. The number of amides is 1. The van der Waals surface area contributed by atoms with Gasteiger partial charge in [0.15, 0.2) is 15.8 Å². The summed E-state index contributed by atoms with van der Waals surface area (Å²) in [6.07, 6.45) is 7.15. The maximum atomic E-state index is 13.2. The molecule has 1 N–H and O–H groups in total. The van der Waals surface area contributed by atoms with Gasteiger partial charge in [0, 0.05) is 30.6 Å². The Bertz CT molecular complexity index is 1130. The molecule has 0 saturated carbocycles. The molecular weight excluding hydrogens is 428 g/mol. The van der Waals surface area contributed by atoms with E-state index in [0.717, 1.165) is 0 Å². The maximum Gasteiger partial charge on any atom is 0.248 e. The van der Waals surface area contributed by atoms with Crippen LogP contribution < -0.4 is 5.32 Å². The van der Waals surface area contributed by atoms with Gasteiger partial charge in [-0.25, -0.2) is 13.4 Å². The highest BCUT2D eigenvalue weighted by Gasteiger charge is 2.36. The highest BCUT2D eigenvalue weighted by atomic mass is 32.2. The summed E-state index contributed by atoms with van der Waals surface area (Å²) in [5.41, 5.74) is 0.290. The third-order valence-electron chi connectivity index (χ3n) is 4.86. The Balaban J connectivity index is 1.46. The van der Waals surface area contributed by atoms with E-state index in [-0.39, 0.29) is 41.3 Å². The van der Waals surface area contributed by atoms with Crippen molar-refractivity contribution in [2.24, 2.45) is 5.92 Å². The molecule has 158 valence electrons. The number of piperidine rings is 1. The molecule has 1 aliphatic rings. The number of anilines is 1. The normalized spacial score (nSPS) is 16.3. The minimum absolute atomic E-state index is 0.0380. The van der Waals surface area contributed by atoms with E-state index in [1.165, 1.54) is 28.0 Å². The molecule has 0 unspecified atom stereocenters. The number of aryl methyl sites for hydroxylation is 1. The summed E-state index contributed by atoms with van der Waals surface area (Å²) in [4.78, 5) is 16.5. The fourth-order valence-electron chi connectivity index (χ4n) is 3.32. The summed E-state index contributed by atoms with van der Waals surface area (Å²) in [7, 11) is -3.82. The molecule has 0 bridgehead atoms. The molecule has 1 amide bonds. The van der Waals surface area contributed by atoms with E-state index in [2.05, 4.69) is 15.5 Å². The summed E-state index contributed by atoms with van der Waals surface area (Å²) in [5.74, 6) is 0.319. The molecule has 9 nitrogen and oxygen atoms in total. The summed E-state index contributed by atoms with van der Waals surface area (Å²) in [6.45, 7) is 2.07. The van der Waals surface area contributed by atoms with Crippen LogP contribution in [0.25, 0.3) is 12.2 Å². The predicted octanol–water partition coefficient (Wildman–Crippen LogP) is 3.24. The van der Waals surface area contributed by atoms with Crippen molar-refractivity contribution < 1.29 is 22.2 Å². The quantitative estimate of drug-likeness (QED) is 0.615. The van der Waals surface area contributed by atoms with Gasteiger partial charge in [-0.05, 0) is 44.1 Å². The van der Waals surface area contributed by atoms with Crippen LogP contribution in [-0.4, -0.2) is 41.9 Å². The molecule has 3 aromatic heterocycles. The topological polar surface area (TPSA) is 119 Å². The summed E-state index contributed by atoms with van der Waals surface area (Å²) in [6, 6.07) is 3.48. The first-order chi connectivity index (χ1) is 14.4. The number of thiazole rings is 1. The fraction of sp³-hybridized carbons (Fsp3) is 0.316. The zero-order valence-corrected chi connectivity index (χ0v) is 17.8. The molecule has 0 radical (unpaired) electrons. The van der Waals surface area contributed by atoms with Crippen LogP contribution in [0.4, 0.5) is 5.13 Å². The zero-order valence-electron chi connectivity index (χ0n) is 16.1. The molecular formula is C19H20N4O5S2. The van der Waals surface area contributed by atoms with Gasteiger partial charge < -0.3 is 14.3 Å². The van der Waals surface area contributed by atoms with Gasteiger partial charge in [0.05, 0.1) is 6.26 Å². The Kier molecular flexibility index (Phi) is 5.84. The molecule has 0 aromatic carbocycles. The lowest BCUT2D eigenvalue weighted by Crippen LogP contribution is -2.41. The molecule has 1 fully saturated rings. The van der Waals surface area contributed by atoms with Crippen LogP contribution in [-0.2, 0) is 14.8 Å². The van der Waals surface area contributed by atoms with E-state index >= 15 is 0 Å². The fourth-order valence-corrected chi connectivity index (χ4v) is 5.57. The standard InChI is InChI=1S/C19H20N4O5S2/c1-13-17(16(28-22-13)5-4-15-3-2-11-27-15)30(25,26)23-9-6-14(7-10-23)18(24)21-19-20-8-12-29-19/h2-5,8,11-12,14H,6-7,9-10H2,1H3,(H,20,21,24)/b5-4+. The first-order valence-electron chi connectivity index (χ1n) is 9.33. The Hall–Kier alpha value is -2.76. The first-order valence-corrected chi connectivity index (χ1v) is 11.7. The number of carbonyl (C=O) groups is 1. The van der Waals surface area contributed by atoms with E-state index in [1.807, 2.05) is 0 Å². The first kappa shape index (κ1) is 20.5. The molecule has 0 aliphatic carbocycles. The van der Waals surface area contributed by atoms with Crippen LogP contribution in [0.2, 0.25) is 0 Å². The second-order valence-electron chi connectivity index (χ2n) is 6.81. The van der Waals surface area contributed by atoms with Crippen LogP contribution in [0.3, 0.4) is 0 Å². The minimum atomic E-state index is -3.82. The van der Waals surface area contributed by atoms with Gasteiger partial charge >= 0.3 is 0 Å². The van der Waals surface area contributed by atoms with Gasteiger partial charge in [-0.15, -0.1) is 11.3 Å². The second kappa shape index (κ2) is 8.54. The van der Waals surface area contributed by atoms with Crippen molar-refractivity contribution in [3.05, 3.63) is 47.2 Å². The molecule has 4 heterocycles. The maximum absolute atomic E-state index is 13.2.